The van der Waals surface area contributed by atoms with E-state index in [9.17, 15) is 25.9 Å². The second-order valence-electron chi connectivity index (χ2n) is 4.14. The molecular weight excluding hydrogens is 386 g/mol. The Labute approximate surface area is 184 Å². The standard InChI is InChI=1S/C10H16N2O8S2.2Na/c13-21(14,15)7-1-5-19-9-3-4-10(12-11-9)20-6-2-8-22(16,17)18;;/h3-4H,1-2,5-8H2,(H,13,14,15)(H,16,17,18);;/q;2*+1/p-2. The van der Waals surface area contributed by atoms with Crippen LogP contribution in [0.5, 0.6) is 11.8 Å². The maximum Gasteiger partial charge on any atom is 1.00 e. The first-order valence-corrected chi connectivity index (χ1v) is 9.28. The third kappa shape index (κ3) is 14.8. The Hall–Kier alpha value is 0.500. The minimum Gasteiger partial charge on any atom is -0.748 e. The summed E-state index contributed by atoms with van der Waals surface area (Å²) in [5.41, 5.74) is 0. The summed E-state index contributed by atoms with van der Waals surface area (Å²) in [6.07, 6.45) is 0.0743. The minimum absolute atomic E-state index is 0. The van der Waals surface area contributed by atoms with Gasteiger partial charge in [-0.15, -0.1) is 10.2 Å². The van der Waals surface area contributed by atoms with Gasteiger partial charge in [-0.3, -0.25) is 0 Å². The zero-order valence-corrected chi connectivity index (χ0v) is 19.0. The van der Waals surface area contributed by atoms with Crippen molar-refractivity contribution in [2.45, 2.75) is 12.8 Å². The van der Waals surface area contributed by atoms with Gasteiger partial charge in [0.1, 0.15) is 0 Å². The summed E-state index contributed by atoms with van der Waals surface area (Å²) >= 11 is 0. The van der Waals surface area contributed by atoms with Gasteiger partial charge in [0.15, 0.2) is 0 Å². The van der Waals surface area contributed by atoms with Crippen LogP contribution in [-0.4, -0.2) is 60.9 Å². The van der Waals surface area contributed by atoms with Crippen LogP contribution in [0.15, 0.2) is 12.1 Å². The van der Waals surface area contributed by atoms with Crippen LogP contribution >= 0.6 is 0 Å². The van der Waals surface area contributed by atoms with Crippen molar-refractivity contribution in [1.82, 2.24) is 10.2 Å². The van der Waals surface area contributed by atoms with Crippen LogP contribution in [0.3, 0.4) is 0 Å². The number of nitrogens with zero attached hydrogens (tertiary/aromatic N) is 2. The number of hydrogen-bond acceptors (Lipinski definition) is 10. The normalized spacial score (nSPS) is 11.1. The molecule has 0 fully saturated rings. The van der Waals surface area contributed by atoms with Crippen molar-refractivity contribution in [3.05, 3.63) is 12.1 Å². The molecule has 0 saturated heterocycles. The van der Waals surface area contributed by atoms with E-state index in [1.165, 1.54) is 12.1 Å². The van der Waals surface area contributed by atoms with Gasteiger partial charge >= 0.3 is 59.1 Å². The molecule has 0 aliphatic carbocycles. The number of rotatable bonds is 10. The molecule has 0 atom stereocenters. The van der Waals surface area contributed by atoms with E-state index in [0.717, 1.165) is 0 Å². The van der Waals surface area contributed by atoms with Crippen LogP contribution < -0.4 is 68.6 Å². The summed E-state index contributed by atoms with van der Waals surface area (Å²) in [6, 6.07) is 2.83. The number of hydrogen-bond donors (Lipinski definition) is 0. The van der Waals surface area contributed by atoms with Crippen LogP contribution in [-0.2, 0) is 20.2 Å². The Balaban J connectivity index is 0. The molecule has 1 aromatic rings. The van der Waals surface area contributed by atoms with E-state index in [2.05, 4.69) is 10.2 Å². The molecule has 126 valence electrons. The molecule has 0 amide bonds. The summed E-state index contributed by atoms with van der Waals surface area (Å²) < 4.78 is 72.3. The van der Waals surface area contributed by atoms with Crippen molar-refractivity contribution in [2.75, 3.05) is 24.7 Å². The van der Waals surface area contributed by atoms with Crippen molar-refractivity contribution in [1.29, 1.82) is 0 Å². The van der Waals surface area contributed by atoms with Gasteiger partial charge in [0.2, 0.25) is 11.8 Å². The van der Waals surface area contributed by atoms with Crippen LogP contribution in [0.1, 0.15) is 12.8 Å². The van der Waals surface area contributed by atoms with Crippen molar-refractivity contribution < 1.29 is 94.5 Å². The zero-order valence-electron chi connectivity index (χ0n) is 13.4. The van der Waals surface area contributed by atoms with E-state index in [-0.39, 0.29) is 96.9 Å². The van der Waals surface area contributed by atoms with E-state index < -0.39 is 31.7 Å². The monoisotopic (exact) mass is 400 g/mol. The van der Waals surface area contributed by atoms with Crippen LogP contribution in [0.25, 0.3) is 0 Å². The van der Waals surface area contributed by atoms with Crippen molar-refractivity contribution >= 4 is 20.2 Å². The van der Waals surface area contributed by atoms with Gasteiger partial charge in [0.05, 0.1) is 33.5 Å². The summed E-state index contributed by atoms with van der Waals surface area (Å²) in [4.78, 5) is 0. The largest absolute Gasteiger partial charge is 1.00 e. The molecule has 0 spiro atoms. The topological polar surface area (TPSA) is 159 Å². The Kier molecular flexibility index (Phi) is 14.2. The van der Waals surface area contributed by atoms with Gasteiger partial charge in [0.25, 0.3) is 0 Å². The maximum atomic E-state index is 10.4. The molecule has 0 aromatic carbocycles. The summed E-state index contributed by atoms with van der Waals surface area (Å²) in [5.74, 6) is -0.801. The molecule has 0 radical (unpaired) electrons. The fourth-order valence-corrected chi connectivity index (χ4v) is 2.23. The number of ether oxygens (including phenoxy) is 2. The fraction of sp³-hybridized carbons (Fsp3) is 0.600. The Bertz CT molecular complexity index is 608. The Morgan fingerprint density at radius 2 is 1.12 bits per heavy atom. The summed E-state index contributed by atoms with van der Waals surface area (Å²) in [7, 11) is -8.52. The molecule has 1 heterocycles. The Morgan fingerprint density at radius 3 is 1.38 bits per heavy atom. The van der Waals surface area contributed by atoms with Gasteiger partial charge in [-0.05, 0) is 12.8 Å². The summed E-state index contributed by atoms with van der Waals surface area (Å²) in [5, 5.41) is 7.27. The average molecular weight is 400 g/mol. The molecule has 24 heavy (non-hydrogen) atoms. The second kappa shape index (κ2) is 12.8. The molecule has 1 aromatic heterocycles. The third-order valence-corrected chi connectivity index (χ3v) is 3.77. The minimum atomic E-state index is -4.26. The van der Waals surface area contributed by atoms with Gasteiger partial charge in [-0.25, -0.2) is 16.8 Å². The second-order valence-corrected chi connectivity index (χ2v) is 7.18. The fourth-order valence-electron chi connectivity index (χ4n) is 1.29. The number of aromatic nitrogens is 2. The predicted molar refractivity (Wildman–Crippen MR) is 71.4 cm³/mol. The van der Waals surface area contributed by atoms with E-state index >= 15 is 0 Å². The Morgan fingerprint density at radius 1 is 0.792 bits per heavy atom. The van der Waals surface area contributed by atoms with Crippen molar-refractivity contribution in [3.63, 3.8) is 0 Å². The molecular formula is C10H14N2Na2O8S2. The smallest absolute Gasteiger partial charge is 0.748 e. The SMILES string of the molecule is O=S(=O)([O-])CCCOc1ccc(OCCCS(=O)(=O)[O-])nn1.[Na+].[Na+]. The average Bonchev–Trinajstić information content (AvgIpc) is 2.39. The molecule has 0 unspecified atom stereocenters. The van der Waals surface area contributed by atoms with Crippen molar-refractivity contribution in [3.8, 4) is 11.8 Å². The molecule has 14 heteroatoms. The van der Waals surface area contributed by atoms with Crippen molar-refractivity contribution in [2.24, 2.45) is 0 Å². The molecule has 0 bridgehead atoms. The molecule has 0 aliphatic heterocycles. The van der Waals surface area contributed by atoms with E-state index in [1.807, 2.05) is 0 Å². The van der Waals surface area contributed by atoms with Gasteiger partial charge in [-0.1, -0.05) is 0 Å². The van der Waals surface area contributed by atoms with E-state index in [0.29, 0.717) is 0 Å². The van der Waals surface area contributed by atoms with Crippen LogP contribution in [0, 0.1) is 0 Å². The first-order valence-electron chi connectivity index (χ1n) is 6.12. The third-order valence-electron chi connectivity index (χ3n) is 2.19. The maximum absolute atomic E-state index is 10.4. The van der Waals surface area contributed by atoms with Crippen LogP contribution in [0.2, 0.25) is 0 Å². The van der Waals surface area contributed by atoms with Crippen LogP contribution in [0.4, 0.5) is 0 Å². The predicted octanol–water partition coefficient (Wildman–Crippen LogP) is -6.89. The van der Waals surface area contributed by atoms with E-state index in [4.69, 9.17) is 9.47 Å². The first kappa shape index (κ1) is 26.7. The molecule has 1 rings (SSSR count). The molecule has 10 nitrogen and oxygen atoms in total. The molecule has 0 aliphatic rings. The molecule has 0 N–H and O–H groups in total. The quantitative estimate of drug-likeness (QED) is 0.210. The first-order chi connectivity index (χ1) is 10.2. The zero-order chi connectivity index (χ0) is 16.6. The summed E-state index contributed by atoms with van der Waals surface area (Å²) in [6.45, 7) is -0.00454. The van der Waals surface area contributed by atoms with E-state index in [1.54, 1.807) is 0 Å². The van der Waals surface area contributed by atoms with Gasteiger partial charge in [-0.2, -0.15) is 0 Å². The molecule has 0 saturated carbocycles. The van der Waals surface area contributed by atoms with Gasteiger partial charge in [0, 0.05) is 23.6 Å². The van der Waals surface area contributed by atoms with Gasteiger partial charge < -0.3 is 18.6 Å².